The summed E-state index contributed by atoms with van der Waals surface area (Å²) in [6, 6.07) is 13.0. The summed E-state index contributed by atoms with van der Waals surface area (Å²) in [6.07, 6.45) is 0. The van der Waals surface area contributed by atoms with Crippen LogP contribution in [-0.4, -0.2) is 26.4 Å². The number of rotatable bonds is 6. The molecule has 0 radical (unpaired) electrons. The molecular formula is C20H20Cl2N4OS. The van der Waals surface area contributed by atoms with E-state index in [-0.39, 0.29) is 17.7 Å². The van der Waals surface area contributed by atoms with Crippen molar-refractivity contribution in [3.63, 3.8) is 0 Å². The number of nitrogens with one attached hydrogen (secondary N) is 1. The van der Waals surface area contributed by atoms with Crippen molar-refractivity contribution in [2.24, 2.45) is 7.05 Å². The van der Waals surface area contributed by atoms with Crippen LogP contribution in [0.25, 0.3) is 11.4 Å². The van der Waals surface area contributed by atoms with E-state index < -0.39 is 0 Å². The molecular weight excluding hydrogens is 415 g/mol. The third kappa shape index (κ3) is 4.69. The van der Waals surface area contributed by atoms with Crippen LogP contribution in [0.2, 0.25) is 10.0 Å². The molecule has 0 aliphatic rings. The minimum Gasteiger partial charge on any atom is -0.349 e. The summed E-state index contributed by atoms with van der Waals surface area (Å²) in [5.41, 5.74) is 2.98. The fourth-order valence-electron chi connectivity index (χ4n) is 2.84. The minimum absolute atomic E-state index is 0.107. The predicted octanol–water partition coefficient (Wildman–Crippen LogP) is 5.07. The number of thioether (sulfide) groups is 1. The Bertz CT molecular complexity index is 1010. The SMILES string of the molecule is Cc1ccccc1-c1nnc(SCC(=O)NC(C)c2ccc(Cl)cc2Cl)n1C. The summed E-state index contributed by atoms with van der Waals surface area (Å²) in [4.78, 5) is 12.4. The fraction of sp³-hybridized carbons (Fsp3) is 0.250. The van der Waals surface area contributed by atoms with Crippen LogP contribution in [0, 0.1) is 6.92 Å². The van der Waals surface area contributed by atoms with Crippen LogP contribution in [0.1, 0.15) is 24.1 Å². The summed E-state index contributed by atoms with van der Waals surface area (Å²) in [7, 11) is 1.90. The number of carbonyl (C=O) groups excluding carboxylic acids is 1. The highest BCUT2D eigenvalue weighted by Crippen LogP contribution is 2.27. The number of nitrogens with zero attached hydrogens (tertiary/aromatic N) is 3. The molecule has 0 bridgehead atoms. The topological polar surface area (TPSA) is 59.8 Å². The maximum atomic E-state index is 12.4. The van der Waals surface area contributed by atoms with E-state index in [1.807, 2.05) is 55.8 Å². The van der Waals surface area contributed by atoms with Gasteiger partial charge in [-0.05, 0) is 37.1 Å². The average Bonchev–Trinajstić information content (AvgIpc) is 3.00. The Kier molecular flexibility index (Phi) is 6.65. The fourth-order valence-corrected chi connectivity index (χ4v) is 4.14. The van der Waals surface area contributed by atoms with E-state index in [1.165, 1.54) is 11.8 Å². The molecule has 0 fully saturated rings. The monoisotopic (exact) mass is 434 g/mol. The Hall–Kier alpha value is -2.02. The highest BCUT2D eigenvalue weighted by Gasteiger charge is 2.16. The van der Waals surface area contributed by atoms with E-state index >= 15 is 0 Å². The lowest BCUT2D eigenvalue weighted by Gasteiger charge is -2.15. The Balaban J connectivity index is 1.63. The minimum atomic E-state index is -0.222. The van der Waals surface area contributed by atoms with E-state index in [9.17, 15) is 4.79 Å². The second-order valence-corrected chi connectivity index (χ2v) is 8.21. The van der Waals surface area contributed by atoms with Crippen LogP contribution in [0.4, 0.5) is 0 Å². The van der Waals surface area contributed by atoms with Crippen LogP contribution < -0.4 is 5.32 Å². The van der Waals surface area contributed by atoms with Gasteiger partial charge >= 0.3 is 0 Å². The molecule has 0 aliphatic heterocycles. The lowest BCUT2D eigenvalue weighted by molar-refractivity contribution is -0.119. The van der Waals surface area contributed by atoms with Gasteiger partial charge in [0, 0.05) is 22.7 Å². The van der Waals surface area contributed by atoms with Crippen LogP contribution >= 0.6 is 35.0 Å². The van der Waals surface area contributed by atoms with Gasteiger partial charge < -0.3 is 9.88 Å². The number of benzene rings is 2. The average molecular weight is 435 g/mol. The van der Waals surface area contributed by atoms with Gasteiger partial charge in [0.1, 0.15) is 0 Å². The molecule has 2 aromatic carbocycles. The molecule has 1 unspecified atom stereocenters. The van der Waals surface area contributed by atoms with Gasteiger partial charge in [0.25, 0.3) is 0 Å². The zero-order valence-electron chi connectivity index (χ0n) is 15.7. The van der Waals surface area contributed by atoms with Crippen molar-refractivity contribution in [2.75, 3.05) is 5.75 Å². The molecule has 0 aliphatic carbocycles. The number of aryl methyl sites for hydroxylation is 1. The smallest absolute Gasteiger partial charge is 0.230 e. The van der Waals surface area contributed by atoms with E-state index in [1.54, 1.807) is 12.1 Å². The van der Waals surface area contributed by atoms with Crippen molar-refractivity contribution in [1.29, 1.82) is 0 Å². The van der Waals surface area contributed by atoms with E-state index in [0.29, 0.717) is 15.2 Å². The number of hydrogen-bond donors (Lipinski definition) is 1. The first kappa shape index (κ1) is 20.7. The molecule has 146 valence electrons. The first-order valence-corrected chi connectivity index (χ1v) is 10.4. The molecule has 1 heterocycles. The Morgan fingerprint density at radius 3 is 2.68 bits per heavy atom. The molecule has 28 heavy (non-hydrogen) atoms. The van der Waals surface area contributed by atoms with Crippen LogP contribution in [0.15, 0.2) is 47.6 Å². The molecule has 5 nitrogen and oxygen atoms in total. The molecule has 1 aromatic heterocycles. The molecule has 0 spiro atoms. The van der Waals surface area contributed by atoms with Gasteiger partial charge in [-0.1, -0.05) is 65.3 Å². The molecule has 1 N–H and O–H groups in total. The van der Waals surface area contributed by atoms with Crippen molar-refractivity contribution in [2.45, 2.75) is 25.0 Å². The van der Waals surface area contributed by atoms with Crippen molar-refractivity contribution < 1.29 is 4.79 Å². The second-order valence-electron chi connectivity index (χ2n) is 6.42. The highest BCUT2D eigenvalue weighted by atomic mass is 35.5. The molecule has 3 aromatic rings. The molecule has 1 atom stereocenters. The maximum Gasteiger partial charge on any atom is 0.230 e. The van der Waals surface area contributed by atoms with Crippen molar-refractivity contribution >= 4 is 40.9 Å². The molecule has 0 saturated carbocycles. The number of hydrogen-bond acceptors (Lipinski definition) is 4. The highest BCUT2D eigenvalue weighted by molar-refractivity contribution is 7.99. The predicted molar refractivity (Wildman–Crippen MR) is 115 cm³/mol. The molecule has 0 saturated heterocycles. The van der Waals surface area contributed by atoms with Crippen LogP contribution in [0.3, 0.4) is 0 Å². The van der Waals surface area contributed by atoms with Gasteiger partial charge in [-0.2, -0.15) is 0 Å². The third-order valence-corrected chi connectivity index (χ3v) is 5.94. The lowest BCUT2D eigenvalue weighted by Crippen LogP contribution is -2.28. The normalized spacial score (nSPS) is 12.0. The maximum absolute atomic E-state index is 12.4. The Labute approximate surface area is 178 Å². The first-order chi connectivity index (χ1) is 13.4. The zero-order valence-corrected chi connectivity index (χ0v) is 18.1. The van der Waals surface area contributed by atoms with Crippen LogP contribution in [-0.2, 0) is 11.8 Å². The second kappa shape index (κ2) is 8.99. The van der Waals surface area contributed by atoms with Crippen molar-refractivity contribution in [3.05, 3.63) is 63.6 Å². The number of aromatic nitrogens is 3. The van der Waals surface area contributed by atoms with Gasteiger partial charge in [-0.25, -0.2) is 0 Å². The third-order valence-electron chi connectivity index (χ3n) is 4.36. The Morgan fingerprint density at radius 2 is 1.96 bits per heavy atom. The standard InChI is InChI=1S/C20H20Cl2N4OS/c1-12-6-4-5-7-15(12)19-24-25-20(26(19)3)28-11-18(27)23-13(2)16-9-8-14(21)10-17(16)22/h4-10,13H,11H2,1-3H3,(H,23,27). The van der Waals surface area contributed by atoms with Gasteiger partial charge in [0.2, 0.25) is 5.91 Å². The van der Waals surface area contributed by atoms with Crippen molar-refractivity contribution in [3.8, 4) is 11.4 Å². The molecule has 1 amide bonds. The molecule has 3 rings (SSSR count). The number of carbonyl (C=O) groups is 1. The van der Waals surface area contributed by atoms with Gasteiger partial charge in [-0.3, -0.25) is 4.79 Å². The lowest BCUT2D eigenvalue weighted by atomic mass is 10.1. The largest absolute Gasteiger partial charge is 0.349 e. The summed E-state index contributed by atoms with van der Waals surface area (Å²) in [5.74, 6) is 0.904. The zero-order chi connectivity index (χ0) is 20.3. The summed E-state index contributed by atoms with van der Waals surface area (Å²) >= 11 is 13.5. The summed E-state index contributed by atoms with van der Waals surface area (Å²) < 4.78 is 1.90. The first-order valence-electron chi connectivity index (χ1n) is 8.69. The number of halogens is 2. The summed E-state index contributed by atoms with van der Waals surface area (Å²) in [5, 5.41) is 13.2. The molecule has 8 heteroatoms. The van der Waals surface area contributed by atoms with E-state index in [0.717, 1.165) is 22.5 Å². The van der Waals surface area contributed by atoms with E-state index in [4.69, 9.17) is 23.2 Å². The van der Waals surface area contributed by atoms with Gasteiger partial charge in [0.15, 0.2) is 11.0 Å². The van der Waals surface area contributed by atoms with E-state index in [2.05, 4.69) is 15.5 Å². The number of amides is 1. The van der Waals surface area contributed by atoms with Gasteiger partial charge in [-0.15, -0.1) is 10.2 Å². The van der Waals surface area contributed by atoms with Crippen LogP contribution in [0.5, 0.6) is 0 Å². The van der Waals surface area contributed by atoms with Gasteiger partial charge in [0.05, 0.1) is 11.8 Å². The quantitative estimate of drug-likeness (QED) is 0.550. The summed E-state index contributed by atoms with van der Waals surface area (Å²) in [6.45, 7) is 3.92. The van der Waals surface area contributed by atoms with Crippen molar-refractivity contribution in [1.82, 2.24) is 20.1 Å². The Morgan fingerprint density at radius 1 is 1.21 bits per heavy atom.